The normalized spacial score (nSPS) is 21.9. The highest BCUT2D eigenvalue weighted by Gasteiger charge is 2.29. The van der Waals surface area contributed by atoms with Crippen molar-refractivity contribution in [3.8, 4) is 0 Å². The van der Waals surface area contributed by atoms with Gasteiger partial charge in [0.15, 0.2) is 0 Å². The summed E-state index contributed by atoms with van der Waals surface area (Å²) in [5.74, 6) is -0.00430. The number of benzene rings is 1. The third-order valence-electron chi connectivity index (χ3n) is 5.13. The minimum absolute atomic E-state index is 0.0921. The molecule has 0 bridgehead atoms. The average Bonchev–Trinajstić information content (AvgIpc) is 3.02. The van der Waals surface area contributed by atoms with Gasteiger partial charge in [-0.25, -0.2) is 8.42 Å². The van der Waals surface area contributed by atoms with E-state index in [1.807, 2.05) is 6.92 Å². The first kappa shape index (κ1) is 19.7. The SMILES string of the molecule is CCCC(=O)N1CCCC(C(=O)Nc2ccc(N3CCCS3(=O)=O)cc2)C1. The largest absolute Gasteiger partial charge is 0.342 e. The number of nitrogens with one attached hydrogen (secondary N) is 1. The van der Waals surface area contributed by atoms with Crippen LogP contribution in [0.25, 0.3) is 0 Å². The van der Waals surface area contributed by atoms with Crippen molar-refractivity contribution in [2.24, 2.45) is 5.92 Å². The van der Waals surface area contributed by atoms with Crippen LogP contribution in [0.2, 0.25) is 0 Å². The lowest BCUT2D eigenvalue weighted by Crippen LogP contribution is -2.43. The van der Waals surface area contributed by atoms with Gasteiger partial charge in [-0.15, -0.1) is 0 Å². The van der Waals surface area contributed by atoms with Gasteiger partial charge in [0.1, 0.15) is 0 Å². The second-order valence-electron chi connectivity index (χ2n) is 7.21. The Morgan fingerprint density at radius 1 is 1.15 bits per heavy atom. The molecule has 2 heterocycles. The van der Waals surface area contributed by atoms with Crippen molar-refractivity contribution in [3.05, 3.63) is 24.3 Å². The molecule has 0 radical (unpaired) electrons. The standard InChI is InChI=1S/C19H27N3O4S/c1-2-5-18(23)21-11-3-6-15(14-21)19(24)20-16-7-9-17(10-8-16)22-12-4-13-27(22,25)26/h7-10,15H,2-6,11-14H2,1H3,(H,20,24). The predicted molar refractivity (Wildman–Crippen MR) is 105 cm³/mol. The zero-order chi connectivity index (χ0) is 19.4. The van der Waals surface area contributed by atoms with E-state index in [0.717, 1.165) is 25.8 Å². The van der Waals surface area contributed by atoms with Gasteiger partial charge in [-0.1, -0.05) is 6.92 Å². The van der Waals surface area contributed by atoms with Crippen LogP contribution in [-0.2, 0) is 19.6 Å². The average molecular weight is 394 g/mol. The van der Waals surface area contributed by atoms with Crippen LogP contribution in [0.15, 0.2) is 24.3 Å². The Balaban J connectivity index is 1.60. The second-order valence-corrected chi connectivity index (χ2v) is 9.22. The molecule has 7 nitrogen and oxygen atoms in total. The molecular weight excluding hydrogens is 366 g/mol. The maximum atomic E-state index is 12.6. The van der Waals surface area contributed by atoms with Gasteiger partial charge in [0.2, 0.25) is 21.8 Å². The van der Waals surface area contributed by atoms with Crippen LogP contribution >= 0.6 is 0 Å². The van der Waals surface area contributed by atoms with Crippen molar-refractivity contribution in [1.29, 1.82) is 0 Å². The molecule has 148 valence electrons. The van der Waals surface area contributed by atoms with Crippen LogP contribution < -0.4 is 9.62 Å². The minimum atomic E-state index is -3.20. The van der Waals surface area contributed by atoms with Gasteiger partial charge in [0, 0.05) is 31.7 Å². The van der Waals surface area contributed by atoms with E-state index in [9.17, 15) is 18.0 Å². The van der Waals surface area contributed by atoms with E-state index in [4.69, 9.17) is 0 Å². The van der Waals surface area contributed by atoms with Crippen LogP contribution in [0.4, 0.5) is 11.4 Å². The molecule has 1 atom stereocenters. The first-order chi connectivity index (χ1) is 12.9. The molecule has 0 saturated carbocycles. The molecule has 2 fully saturated rings. The summed E-state index contributed by atoms with van der Waals surface area (Å²) in [5, 5.41) is 2.90. The summed E-state index contributed by atoms with van der Waals surface area (Å²) in [6.45, 7) is 3.66. The quantitative estimate of drug-likeness (QED) is 0.831. The van der Waals surface area contributed by atoms with Crippen LogP contribution in [0.5, 0.6) is 0 Å². The molecule has 27 heavy (non-hydrogen) atoms. The Kier molecular flexibility index (Phi) is 6.04. The zero-order valence-electron chi connectivity index (χ0n) is 15.7. The Bertz CT molecular complexity index is 792. The van der Waals surface area contributed by atoms with Crippen LogP contribution in [0.1, 0.15) is 39.0 Å². The highest BCUT2D eigenvalue weighted by Crippen LogP contribution is 2.26. The Hall–Kier alpha value is -2.09. The molecule has 1 N–H and O–H groups in total. The lowest BCUT2D eigenvalue weighted by molar-refractivity contribution is -0.134. The fourth-order valence-electron chi connectivity index (χ4n) is 3.67. The predicted octanol–water partition coefficient (Wildman–Crippen LogP) is 2.20. The van der Waals surface area contributed by atoms with Gasteiger partial charge in [-0.3, -0.25) is 13.9 Å². The van der Waals surface area contributed by atoms with Crippen molar-refractivity contribution in [2.75, 3.05) is 35.0 Å². The summed E-state index contributed by atoms with van der Waals surface area (Å²) >= 11 is 0. The van der Waals surface area contributed by atoms with Crippen molar-refractivity contribution < 1.29 is 18.0 Å². The van der Waals surface area contributed by atoms with Gasteiger partial charge >= 0.3 is 0 Å². The van der Waals surface area contributed by atoms with Gasteiger partial charge in [0.05, 0.1) is 17.4 Å². The highest BCUT2D eigenvalue weighted by molar-refractivity contribution is 7.93. The molecule has 2 saturated heterocycles. The molecule has 2 aliphatic rings. The van der Waals surface area contributed by atoms with E-state index in [2.05, 4.69) is 5.32 Å². The molecule has 0 aromatic heterocycles. The van der Waals surface area contributed by atoms with Gasteiger partial charge in [-0.2, -0.15) is 0 Å². The van der Waals surface area contributed by atoms with Crippen LogP contribution in [0.3, 0.4) is 0 Å². The van der Waals surface area contributed by atoms with Crippen molar-refractivity contribution >= 4 is 33.2 Å². The Morgan fingerprint density at radius 2 is 1.89 bits per heavy atom. The topological polar surface area (TPSA) is 86.8 Å². The van der Waals surface area contributed by atoms with Gasteiger partial charge < -0.3 is 10.2 Å². The maximum absolute atomic E-state index is 12.6. The molecule has 1 aromatic rings. The zero-order valence-corrected chi connectivity index (χ0v) is 16.5. The molecule has 0 spiro atoms. The van der Waals surface area contributed by atoms with Crippen LogP contribution in [0, 0.1) is 5.92 Å². The third-order valence-corrected chi connectivity index (χ3v) is 7.00. The number of carbonyl (C=O) groups excluding carboxylic acids is 2. The number of anilines is 2. The summed E-state index contributed by atoms with van der Waals surface area (Å²) in [5.41, 5.74) is 1.26. The molecule has 1 unspecified atom stereocenters. The summed E-state index contributed by atoms with van der Waals surface area (Å²) in [6, 6.07) is 6.89. The summed E-state index contributed by atoms with van der Waals surface area (Å²) in [4.78, 5) is 26.5. The number of likely N-dealkylation sites (tertiary alicyclic amines) is 1. The van der Waals surface area contributed by atoms with E-state index in [1.165, 1.54) is 4.31 Å². The van der Waals surface area contributed by atoms with E-state index >= 15 is 0 Å². The number of piperidine rings is 1. The van der Waals surface area contributed by atoms with Crippen LogP contribution in [-0.4, -0.2) is 50.5 Å². The number of rotatable bonds is 5. The molecule has 2 aliphatic heterocycles. The molecule has 0 aliphatic carbocycles. The molecule has 8 heteroatoms. The van der Waals surface area contributed by atoms with Crippen molar-refractivity contribution in [3.63, 3.8) is 0 Å². The van der Waals surface area contributed by atoms with E-state index in [1.54, 1.807) is 29.2 Å². The van der Waals surface area contributed by atoms with E-state index in [0.29, 0.717) is 37.3 Å². The number of amides is 2. The Morgan fingerprint density at radius 3 is 2.52 bits per heavy atom. The van der Waals surface area contributed by atoms with Gasteiger partial charge in [0.25, 0.3) is 0 Å². The summed E-state index contributed by atoms with van der Waals surface area (Å²) in [7, 11) is -3.20. The molecular formula is C19H27N3O4S. The first-order valence-corrected chi connectivity index (χ1v) is 11.2. The fraction of sp³-hybridized carbons (Fsp3) is 0.579. The van der Waals surface area contributed by atoms with Gasteiger partial charge in [-0.05, 0) is 49.9 Å². The highest BCUT2D eigenvalue weighted by atomic mass is 32.2. The van der Waals surface area contributed by atoms with E-state index < -0.39 is 10.0 Å². The summed E-state index contributed by atoms with van der Waals surface area (Å²) < 4.78 is 25.4. The maximum Gasteiger partial charge on any atom is 0.235 e. The Labute approximate surface area is 160 Å². The number of hydrogen-bond donors (Lipinski definition) is 1. The molecule has 3 rings (SSSR count). The first-order valence-electron chi connectivity index (χ1n) is 9.60. The number of nitrogens with zero attached hydrogens (tertiary/aromatic N) is 2. The number of carbonyl (C=O) groups is 2. The minimum Gasteiger partial charge on any atom is -0.342 e. The molecule has 1 aromatic carbocycles. The summed E-state index contributed by atoms with van der Waals surface area (Å²) in [6.07, 6.45) is 3.57. The third kappa shape index (κ3) is 4.61. The monoisotopic (exact) mass is 393 g/mol. The smallest absolute Gasteiger partial charge is 0.235 e. The number of sulfonamides is 1. The van der Waals surface area contributed by atoms with Crippen molar-refractivity contribution in [1.82, 2.24) is 4.90 Å². The second kappa shape index (κ2) is 8.29. The van der Waals surface area contributed by atoms with Crippen molar-refractivity contribution in [2.45, 2.75) is 39.0 Å². The van der Waals surface area contributed by atoms with E-state index in [-0.39, 0.29) is 23.5 Å². The fourth-order valence-corrected chi connectivity index (χ4v) is 5.24. The number of hydrogen-bond acceptors (Lipinski definition) is 4. The lowest BCUT2D eigenvalue weighted by atomic mass is 9.96. The lowest BCUT2D eigenvalue weighted by Gasteiger charge is -2.32. The molecule has 2 amide bonds.